The van der Waals surface area contributed by atoms with Crippen LogP contribution in [0, 0.1) is 11.6 Å². The molecule has 9 heteroatoms. The first-order valence-electron chi connectivity index (χ1n) is 11.7. The molecular formula is C26H31ClF2N2O4. The van der Waals surface area contributed by atoms with Crippen LogP contribution in [0.1, 0.15) is 42.9 Å². The molecule has 0 spiro atoms. The Bertz CT molecular complexity index is 962. The van der Waals surface area contributed by atoms with Crippen molar-refractivity contribution in [3.63, 3.8) is 0 Å². The molecule has 0 radical (unpaired) electrons. The molecule has 1 amide bonds. The normalized spacial score (nSPS) is 15.1. The molecule has 2 aromatic carbocycles. The summed E-state index contributed by atoms with van der Waals surface area (Å²) in [5, 5.41) is 0.589. The molecule has 1 atom stereocenters. The van der Waals surface area contributed by atoms with E-state index in [1.807, 2.05) is 17.0 Å². The van der Waals surface area contributed by atoms with E-state index in [-0.39, 0.29) is 24.0 Å². The second-order valence-electron chi connectivity index (χ2n) is 8.52. The Morgan fingerprint density at radius 2 is 1.60 bits per heavy atom. The van der Waals surface area contributed by atoms with E-state index in [1.165, 1.54) is 25.3 Å². The van der Waals surface area contributed by atoms with Crippen molar-refractivity contribution in [2.75, 3.05) is 39.8 Å². The van der Waals surface area contributed by atoms with Gasteiger partial charge in [0.15, 0.2) is 0 Å². The van der Waals surface area contributed by atoms with E-state index in [2.05, 4.69) is 9.64 Å². The molecule has 1 heterocycles. The minimum atomic E-state index is -0.640. The lowest BCUT2D eigenvalue weighted by Crippen LogP contribution is -2.49. The van der Waals surface area contributed by atoms with Crippen LogP contribution in [0.2, 0.25) is 5.02 Å². The number of amides is 1. The Labute approximate surface area is 209 Å². The number of ether oxygens (including phenoxy) is 2. The predicted octanol–water partition coefficient (Wildman–Crippen LogP) is 4.75. The zero-order valence-electron chi connectivity index (χ0n) is 19.9. The van der Waals surface area contributed by atoms with Gasteiger partial charge >= 0.3 is 5.97 Å². The maximum absolute atomic E-state index is 14.1. The lowest BCUT2D eigenvalue weighted by molar-refractivity contribution is -0.141. The standard InChI is InChI=1S/C26H31ClF2N2O4/c1-34-26(33)8-3-2-7-25(32)31-15-13-30(14-16-31)17-24(19-9-11-20(27)12-10-19)35-18-21-22(28)5-4-6-23(21)29/h4-6,9-12,24H,2-3,7-8,13-18H2,1H3/t24-/m1/s1. The molecule has 35 heavy (non-hydrogen) atoms. The number of benzene rings is 2. The van der Waals surface area contributed by atoms with Gasteiger partial charge in [-0.1, -0.05) is 29.8 Å². The fraction of sp³-hybridized carbons (Fsp3) is 0.462. The number of halogens is 3. The van der Waals surface area contributed by atoms with E-state index < -0.39 is 17.7 Å². The largest absolute Gasteiger partial charge is 0.469 e. The molecule has 0 unspecified atom stereocenters. The maximum atomic E-state index is 14.1. The number of carbonyl (C=O) groups excluding carboxylic acids is 2. The van der Waals surface area contributed by atoms with E-state index in [9.17, 15) is 18.4 Å². The molecule has 1 aliphatic heterocycles. The number of carbonyl (C=O) groups is 2. The van der Waals surface area contributed by atoms with Gasteiger partial charge in [0.25, 0.3) is 0 Å². The van der Waals surface area contributed by atoms with Crippen molar-refractivity contribution in [3.05, 3.63) is 70.2 Å². The Morgan fingerprint density at radius 3 is 2.23 bits per heavy atom. The summed E-state index contributed by atoms with van der Waals surface area (Å²) in [5.74, 6) is -1.46. The van der Waals surface area contributed by atoms with Gasteiger partial charge in [0.05, 0.1) is 19.8 Å². The van der Waals surface area contributed by atoms with Crippen molar-refractivity contribution in [1.82, 2.24) is 9.80 Å². The summed E-state index contributed by atoms with van der Waals surface area (Å²) in [6.07, 6.45) is 1.57. The van der Waals surface area contributed by atoms with Crippen LogP contribution in [-0.2, 0) is 25.7 Å². The summed E-state index contributed by atoms with van der Waals surface area (Å²) in [7, 11) is 1.35. The van der Waals surface area contributed by atoms with Crippen molar-refractivity contribution in [3.8, 4) is 0 Å². The molecule has 6 nitrogen and oxygen atoms in total. The third-order valence-corrected chi connectivity index (χ3v) is 6.38. The van der Waals surface area contributed by atoms with Crippen molar-refractivity contribution in [1.29, 1.82) is 0 Å². The van der Waals surface area contributed by atoms with Crippen LogP contribution < -0.4 is 0 Å². The number of rotatable bonds is 11. The number of piperazine rings is 1. The minimum absolute atomic E-state index is 0.0787. The topological polar surface area (TPSA) is 59.1 Å². The first kappa shape index (κ1) is 27.0. The average Bonchev–Trinajstić information content (AvgIpc) is 2.86. The smallest absolute Gasteiger partial charge is 0.305 e. The molecule has 1 saturated heterocycles. The van der Waals surface area contributed by atoms with Gasteiger partial charge in [0.1, 0.15) is 11.6 Å². The number of unbranched alkanes of at least 4 members (excludes halogenated alkanes) is 1. The highest BCUT2D eigenvalue weighted by molar-refractivity contribution is 6.30. The molecule has 2 aromatic rings. The highest BCUT2D eigenvalue weighted by Gasteiger charge is 2.24. The Kier molecular flexibility index (Phi) is 10.4. The van der Waals surface area contributed by atoms with Gasteiger partial charge in [-0.2, -0.15) is 0 Å². The Hall–Kier alpha value is -2.55. The van der Waals surface area contributed by atoms with Gasteiger partial charge in [0.2, 0.25) is 5.91 Å². The second-order valence-corrected chi connectivity index (χ2v) is 8.95. The van der Waals surface area contributed by atoms with Crippen molar-refractivity contribution in [2.24, 2.45) is 0 Å². The summed E-state index contributed by atoms with van der Waals surface area (Å²) in [6, 6.07) is 11.0. The summed E-state index contributed by atoms with van der Waals surface area (Å²) in [4.78, 5) is 27.7. The van der Waals surface area contributed by atoms with Gasteiger partial charge in [0, 0.05) is 56.2 Å². The lowest BCUT2D eigenvalue weighted by atomic mass is 10.1. The van der Waals surface area contributed by atoms with E-state index in [4.69, 9.17) is 16.3 Å². The van der Waals surface area contributed by atoms with Crippen molar-refractivity contribution in [2.45, 2.75) is 38.4 Å². The van der Waals surface area contributed by atoms with Crippen LogP contribution in [-0.4, -0.2) is 61.5 Å². The van der Waals surface area contributed by atoms with E-state index in [0.717, 1.165) is 5.56 Å². The fourth-order valence-electron chi connectivity index (χ4n) is 4.01. The number of hydrogen-bond donors (Lipinski definition) is 0. The average molecular weight is 509 g/mol. The van der Waals surface area contributed by atoms with Gasteiger partial charge in [-0.05, 0) is 42.7 Å². The summed E-state index contributed by atoms with van der Waals surface area (Å²) in [6.45, 7) is 2.82. The Morgan fingerprint density at radius 1 is 0.971 bits per heavy atom. The van der Waals surface area contributed by atoms with E-state index >= 15 is 0 Å². The molecule has 0 saturated carbocycles. The summed E-state index contributed by atoms with van der Waals surface area (Å²) < 4.78 is 38.8. The van der Waals surface area contributed by atoms with E-state index in [1.54, 1.807) is 12.1 Å². The van der Waals surface area contributed by atoms with Crippen LogP contribution >= 0.6 is 11.6 Å². The van der Waals surface area contributed by atoms with Crippen LogP contribution in [0.25, 0.3) is 0 Å². The van der Waals surface area contributed by atoms with Crippen molar-refractivity contribution < 1.29 is 27.8 Å². The summed E-state index contributed by atoms with van der Waals surface area (Å²) >= 11 is 6.03. The molecule has 190 valence electrons. The molecule has 3 rings (SSSR count). The monoisotopic (exact) mass is 508 g/mol. The second kappa shape index (κ2) is 13.5. The van der Waals surface area contributed by atoms with Gasteiger partial charge in [-0.25, -0.2) is 8.78 Å². The highest BCUT2D eigenvalue weighted by Crippen LogP contribution is 2.25. The van der Waals surface area contributed by atoms with Crippen LogP contribution in [0.4, 0.5) is 8.78 Å². The molecule has 1 aliphatic rings. The SMILES string of the molecule is COC(=O)CCCCC(=O)N1CCN(C[C@@H](OCc2c(F)cccc2F)c2ccc(Cl)cc2)CC1. The zero-order valence-corrected chi connectivity index (χ0v) is 20.6. The number of nitrogens with zero attached hydrogens (tertiary/aromatic N) is 2. The molecule has 0 aliphatic carbocycles. The molecule has 0 N–H and O–H groups in total. The number of esters is 1. The first-order valence-corrected chi connectivity index (χ1v) is 12.1. The minimum Gasteiger partial charge on any atom is -0.469 e. The van der Waals surface area contributed by atoms with Crippen LogP contribution in [0.3, 0.4) is 0 Å². The molecule has 1 fully saturated rings. The first-order chi connectivity index (χ1) is 16.9. The maximum Gasteiger partial charge on any atom is 0.305 e. The predicted molar refractivity (Wildman–Crippen MR) is 129 cm³/mol. The molecule has 0 aromatic heterocycles. The summed E-state index contributed by atoms with van der Waals surface area (Å²) in [5.41, 5.74) is 0.754. The number of methoxy groups -OCH3 is 1. The van der Waals surface area contributed by atoms with E-state index in [0.29, 0.717) is 63.4 Å². The van der Waals surface area contributed by atoms with Gasteiger partial charge < -0.3 is 14.4 Å². The Balaban J connectivity index is 1.54. The molecular weight excluding hydrogens is 478 g/mol. The lowest BCUT2D eigenvalue weighted by Gasteiger charge is -2.36. The third kappa shape index (κ3) is 8.26. The molecule has 0 bridgehead atoms. The van der Waals surface area contributed by atoms with Crippen LogP contribution in [0.5, 0.6) is 0 Å². The number of hydrogen-bond acceptors (Lipinski definition) is 5. The van der Waals surface area contributed by atoms with Crippen molar-refractivity contribution >= 4 is 23.5 Å². The zero-order chi connectivity index (χ0) is 25.2. The fourth-order valence-corrected chi connectivity index (χ4v) is 4.13. The highest BCUT2D eigenvalue weighted by atomic mass is 35.5. The van der Waals surface area contributed by atoms with Gasteiger partial charge in [-0.3, -0.25) is 14.5 Å². The quantitative estimate of drug-likeness (QED) is 0.324. The third-order valence-electron chi connectivity index (χ3n) is 6.13. The van der Waals surface area contributed by atoms with Crippen LogP contribution in [0.15, 0.2) is 42.5 Å². The van der Waals surface area contributed by atoms with Gasteiger partial charge in [-0.15, -0.1) is 0 Å².